The fourth-order valence-corrected chi connectivity index (χ4v) is 3.32. The van der Waals surface area contributed by atoms with E-state index in [1.165, 1.54) is 38.5 Å². The Morgan fingerprint density at radius 2 is 0.906 bits per heavy atom. The number of carbonyl (C=O) groups is 2. The van der Waals surface area contributed by atoms with Crippen LogP contribution in [0.15, 0.2) is 12.2 Å². The van der Waals surface area contributed by atoms with Crippen molar-refractivity contribution in [2.45, 2.75) is 130 Å². The minimum atomic E-state index is -0.0341. The molecule has 188 valence electrons. The Morgan fingerprint density at radius 1 is 0.562 bits per heavy atom. The summed E-state index contributed by atoms with van der Waals surface area (Å²) < 4.78 is 10.5. The number of carbonyl (C=O) groups excluding carboxylic acids is 2. The molecule has 0 N–H and O–H groups in total. The van der Waals surface area contributed by atoms with Crippen molar-refractivity contribution in [3.8, 4) is 0 Å². The van der Waals surface area contributed by atoms with E-state index >= 15 is 0 Å². The second-order valence-electron chi connectivity index (χ2n) is 9.89. The molecule has 0 fully saturated rings. The fraction of sp³-hybridized carbons (Fsp3) is 0.857. The largest absolute Gasteiger partial charge is 0.466 e. The molecule has 0 rings (SSSR count). The van der Waals surface area contributed by atoms with Crippen molar-refractivity contribution < 1.29 is 19.1 Å². The van der Waals surface area contributed by atoms with Crippen LogP contribution in [0.1, 0.15) is 130 Å². The summed E-state index contributed by atoms with van der Waals surface area (Å²) in [5.74, 6) is 1.11. The molecule has 0 saturated carbocycles. The summed E-state index contributed by atoms with van der Waals surface area (Å²) in [6.45, 7) is 9.70. The summed E-state index contributed by atoms with van der Waals surface area (Å²) >= 11 is 0. The lowest BCUT2D eigenvalue weighted by Gasteiger charge is -2.06. The minimum absolute atomic E-state index is 0.0341. The van der Waals surface area contributed by atoms with Gasteiger partial charge in [0, 0.05) is 12.8 Å². The highest BCUT2D eigenvalue weighted by Crippen LogP contribution is 2.11. The first kappa shape index (κ1) is 30.7. The Balaban J connectivity index is 3.28. The molecule has 0 aromatic carbocycles. The minimum Gasteiger partial charge on any atom is -0.466 e. The Kier molecular flexibility index (Phi) is 21.9. The summed E-state index contributed by atoms with van der Waals surface area (Å²) in [4.78, 5) is 23.2. The number of rotatable bonds is 22. The third kappa shape index (κ3) is 24.9. The van der Waals surface area contributed by atoms with Gasteiger partial charge in [-0.3, -0.25) is 9.59 Å². The molecule has 0 heterocycles. The monoisotopic (exact) mass is 452 g/mol. The number of hydrogen-bond acceptors (Lipinski definition) is 4. The first-order valence-corrected chi connectivity index (χ1v) is 13.4. The van der Waals surface area contributed by atoms with Crippen LogP contribution < -0.4 is 0 Å². The van der Waals surface area contributed by atoms with Gasteiger partial charge in [-0.15, -0.1) is 0 Å². The van der Waals surface area contributed by atoms with E-state index in [9.17, 15) is 9.59 Å². The zero-order valence-electron chi connectivity index (χ0n) is 21.7. The van der Waals surface area contributed by atoms with Crippen LogP contribution in [-0.4, -0.2) is 25.2 Å². The lowest BCUT2D eigenvalue weighted by Crippen LogP contribution is -2.07. The number of allylic oxidation sites excluding steroid dienone is 2. The van der Waals surface area contributed by atoms with Gasteiger partial charge in [-0.05, 0) is 63.2 Å². The second-order valence-corrected chi connectivity index (χ2v) is 9.89. The number of unbranched alkanes of at least 4 members (excludes halogenated alkanes) is 10. The lowest BCUT2D eigenvalue weighted by molar-refractivity contribution is -0.145. The quantitative estimate of drug-likeness (QED) is 0.0943. The average molecular weight is 453 g/mol. The average Bonchev–Trinajstić information content (AvgIpc) is 2.72. The molecule has 0 unspecified atom stereocenters. The molecule has 0 radical (unpaired) electrons. The molecular formula is C28H52O4. The maximum Gasteiger partial charge on any atom is 0.305 e. The van der Waals surface area contributed by atoms with Gasteiger partial charge in [0.15, 0.2) is 0 Å². The first-order valence-electron chi connectivity index (χ1n) is 13.4. The van der Waals surface area contributed by atoms with E-state index < -0.39 is 0 Å². The third-order valence-corrected chi connectivity index (χ3v) is 5.59. The molecule has 0 spiro atoms. The van der Waals surface area contributed by atoms with Gasteiger partial charge >= 0.3 is 11.9 Å². The maximum absolute atomic E-state index is 11.6. The normalized spacial score (nSPS) is 11.6. The molecular weight excluding hydrogens is 400 g/mol. The van der Waals surface area contributed by atoms with Crippen molar-refractivity contribution in [1.82, 2.24) is 0 Å². The Labute approximate surface area is 198 Å². The number of esters is 2. The summed E-state index contributed by atoms with van der Waals surface area (Å²) in [5.41, 5.74) is 0. The predicted octanol–water partition coefficient (Wildman–Crippen LogP) is 8.18. The standard InChI is InChI=1S/C28H52O4/c1-25(2)21-23-31-27(29)19-17-15-13-11-9-7-5-6-8-10-12-14-16-18-20-28(30)32-24-22-26(3)4/h5-6,25-26H,7-24H2,1-4H3. The van der Waals surface area contributed by atoms with Crippen molar-refractivity contribution in [3.63, 3.8) is 0 Å². The van der Waals surface area contributed by atoms with Crippen molar-refractivity contribution in [3.05, 3.63) is 12.2 Å². The molecule has 0 bridgehead atoms. The van der Waals surface area contributed by atoms with E-state index in [2.05, 4.69) is 39.8 Å². The molecule has 0 saturated heterocycles. The van der Waals surface area contributed by atoms with Crippen LogP contribution in [0, 0.1) is 11.8 Å². The van der Waals surface area contributed by atoms with Crippen LogP contribution >= 0.6 is 0 Å². The molecule has 4 nitrogen and oxygen atoms in total. The zero-order chi connectivity index (χ0) is 23.9. The molecule has 0 aliphatic heterocycles. The molecule has 32 heavy (non-hydrogen) atoms. The molecule has 0 aliphatic carbocycles. The Bertz CT molecular complexity index is 426. The topological polar surface area (TPSA) is 52.6 Å². The molecule has 4 heteroatoms. The van der Waals surface area contributed by atoms with E-state index in [1.54, 1.807) is 0 Å². The van der Waals surface area contributed by atoms with Crippen LogP contribution in [0.25, 0.3) is 0 Å². The van der Waals surface area contributed by atoms with Crippen LogP contribution in [0.2, 0.25) is 0 Å². The SMILES string of the molecule is CC(C)CCOC(=O)CCCCCCCC=CCCCCCCCC(=O)OCCC(C)C. The van der Waals surface area contributed by atoms with Gasteiger partial charge in [0.2, 0.25) is 0 Å². The van der Waals surface area contributed by atoms with Gasteiger partial charge in [-0.25, -0.2) is 0 Å². The van der Waals surface area contributed by atoms with Gasteiger partial charge in [-0.2, -0.15) is 0 Å². The highest BCUT2D eigenvalue weighted by Gasteiger charge is 2.04. The van der Waals surface area contributed by atoms with E-state index in [1.807, 2.05) is 0 Å². The van der Waals surface area contributed by atoms with Gasteiger partial charge in [-0.1, -0.05) is 78.4 Å². The highest BCUT2D eigenvalue weighted by atomic mass is 16.5. The summed E-state index contributed by atoms with van der Waals surface area (Å²) in [5, 5.41) is 0. The zero-order valence-corrected chi connectivity index (χ0v) is 21.7. The molecule has 0 aromatic rings. The van der Waals surface area contributed by atoms with E-state index in [-0.39, 0.29) is 11.9 Å². The van der Waals surface area contributed by atoms with E-state index in [0.717, 1.165) is 51.4 Å². The van der Waals surface area contributed by atoms with Crippen molar-refractivity contribution in [2.24, 2.45) is 11.8 Å². The maximum atomic E-state index is 11.6. The molecule has 0 aromatic heterocycles. The van der Waals surface area contributed by atoms with Crippen LogP contribution in [0.3, 0.4) is 0 Å². The van der Waals surface area contributed by atoms with Crippen molar-refractivity contribution in [2.75, 3.05) is 13.2 Å². The Morgan fingerprint density at radius 3 is 1.28 bits per heavy atom. The van der Waals surface area contributed by atoms with Gasteiger partial charge in [0.05, 0.1) is 13.2 Å². The van der Waals surface area contributed by atoms with Crippen LogP contribution in [0.5, 0.6) is 0 Å². The number of ether oxygens (including phenoxy) is 2. The smallest absolute Gasteiger partial charge is 0.305 e. The lowest BCUT2D eigenvalue weighted by atomic mass is 10.1. The van der Waals surface area contributed by atoms with E-state index in [0.29, 0.717) is 37.9 Å². The van der Waals surface area contributed by atoms with Gasteiger partial charge in [0.25, 0.3) is 0 Å². The molecule has 0 atom stereocenters. The van der Waals surface area contributed by atoms with Crippen LogP contribution in [0.4, 0.5) is 0 Å². The van der Waals surface area contributed by atoms with Gasteiger partial charge in [0.1, 0.15) is 0 Å². The van der Waals surface area contributed by atoms with Crippen molar-refractivity contribution >= 4 is 11.9 Å². The number of hydrogen-bond donors (Lipinski definition) is 0. The summed E-state index contributed by atoms with van der Waals surface area (Å²) in [7, 11) is 0. The highest BCUT2D eigenvalue weighted by molar-refractivity contribution is 5.69. The van der Waals surface area contributed by atoms with E-state index in [4.69, 9.17) is 9.47 Å². The molecule has 0 aliphatic rings. The first-order chi connectivity index (χ1) is 15.4. The second kappa shape index (κ2) is 22.9. The Hall–Kier alpha value is -1.32. The predicted molar refractivity (Wildman–Crippen MR) is 135 cm³/mol. The summed E-state index contributed by atoms with van der Waals surface area (Å²) in [6.07, 6.45) is 21.5. The van der Waals surface area contributed by atoms with Crippen molar-refractivity contribution in [1.29, 1.82) is 0 Å². The molecule has 0 amide bonds. The summed E-state index contributed by atoms with van der Waals surface area (Å²) in [6, 6.07) is 0. The van der Waals surface area contributed by atoms with Crippen LogP contribution in [-0.2, 0) is 19.1 Å². The fourth-order valence-electron chi connectivity index (χ4n) is 3.32. The third-order valence-electron chi connectivity index (χ3n) is 5.59. The van der Waals surface area contributed by atoms with Gasteiger partial charge < -0.3 is 9.47 Å².